The Morgan fingerprint density at radius 2 is 2.20 bits per heavy atom. The number of hydrogen-bond acceptors (Lipinski definition) is 6. The van der Waals surface area contributed by atoms with Gasteiger partial charge in [0, 0.05) is 24.5 Å². The standard InChI is InChI=1S/C13H11N5O2/c19-18(20)12-5-1-4-11(7-12)17-13(9-15-16-17)10-3-2-6-14-8-10/h1-8,13H,9H2. The van der Waals surface area contributed by atoms with Crippen LogP contribution in [0, 0.1) is 10.1 Å². The fourth-order valence-corrected chi connectivity index (χ4v) is 2.12. The van der Waals surface area contributed by atoms with Crippen LogP contribution in [0.3, 0.4) is 0 Å². The molecule has 0 spiro atoms. The first kappa shape index (κ1) is 12.2. The summed E-state index contributed by atoms with van der Waals surface area (Å²) in [7, 11) is 0. The zero-order valence-corrected chi connectivity index (χ0v) is 10.5. The number of benzene rings is 1. The summed E-state index contributed by atoms with van der Waals surface area (Å²) in [6, 6.07) is 10.1. The molecule has 1 aromatic heterocycles. The van der Waals surface area contributed by atoms with Crippen LogP contribution >= 0.6 is 0 Å². The Morgan fingerprint density at radius 1 is 1.30 bits per heavy atom. The molecule has 0 radical (unpaired) electrons. The fraction of sp³-hybridized carbons (Fsp3) is 0.154. The molecule has 0 saturated heterocycles. The van der Waals surface area contributed by atoms with Crippen molar-refractivity contribution in [1.29, 1.82) is 0 Å². The molecule has 100 valence electrons. The van der Waals surface area contributed by atoms with Gasteiger partial charge in [0.2, 0.25) is 0 Å². The lowest BCUT2D eigenvalue weighted by Crippen LogP contribution is -2.20. The van der Waals surface area contributed by atoms with Gasteiger partial charge in [-0.15, -0.1) is 0 Å². The van der Waals surface area contributed by atoms with Crippen LogP contribution in [0.15, 0.2) is 59.1 Å². The first-order chi connectivity index (χ1) is 9.75. The lowest BCUT2D eigenvalue weighted by Gasteiger charge is -2.21. The molecular weight excluding hydrogens is 258 g/mol. The molecule has 0 fully saturated rings. The number of nitro groups is 1. The Bertz CT molecular complexity index is 659. The summed E-state index contributed by atoms with van der Waals surface area (Å²) in [6.45, 7) is 0.508. The topological polar surface area (TPSA) is 84.0 Å². The van der Waals surface area contributed by atoms with Gasteiger partial charge in [0.05, 0.1) is 17.2 Å². The van der Waals surface area contributed by atoms with Gasteiger partial charge in [0.1, 0.15) is 6.04 Å². The first-order valence-corrected chi connectivity index (χ1v) is 6.07. The van der Waals surface area contributed by atoms with Crippen molar-refractivity contribution in [3.63, 3.8) is 0 Å². The Balaban J connectivity index is 1.94. The van der Waals surface area contributed by atoms with Crippen molar-refractivity contribution in [2.24, 2.45) is 10.3 Å². The highest BCUT2D eigenvalue weighted by Gasteiger charge is 2.26. The second-order valence-corrected chi connectivity index (χ2v) is 4.34. The molecular formula is C13H11N5O2. The molecule has 1 unspecified atom stereocenters. The van der Waals surface area contributed by atoms with Gasteiger partial charge >= 0.3 is 0 Å². The molecule has 0 saturated carbocycles. The second-order valence-electron chi connectivity index (χ2n) is 4.34. The number of aromatic nitrogens is 1. The zero-order chi connectivity index (χ0) is 13.9. The Hall–Kier alpha value is -2.83. The van der Waals surface area contributed by atoms with E-state index in [9.17, 15) is 10.1 Å². The molecule has 0 amide bonds. The molecule has 7 heteroatoms. The Labute approximate surface area is 114 Å². The van der Waals surface area contributed by atoms with Crippen LogP contribution in [0.2, 0.25) is 0 Å². The SMILES string of the molecule is O=[N+]([O-])c1cccc(N2N=NCC2c2cccnc2)c1. The zero-order valence-electron chi connectivity index (χ0n) is 10.5. The number of nitrogens with zero attached hydrogens (tertiary/aromatic N) is 5. The van der Waals surface area contributed by atoms with E-state index in [0.717, 1.165) is 5.56 Å². The lowest BCUT2D eigenvalue weighted by atomic mass is 10.1. The summed E-state index contributed by atoms with van der Waals surface area (Å²) in [4.78, 5) is 14.5. The van der Waals surface area contributed by atoms with Gasteiger partial charge in [0.25, 0.3) is 5.69 Å². The summed E-state index contributed by atoms with van der Waals surface area (Å²) in [5.74, 6) is 0. The quantitative estimate of drug-likeness (QED) is 0.633. The van der Waals surface area contributed by atoms with E-state index < -0.39 is 4.92 Å². The molecule has 1 aliphatic heterocycles. The molecule has 0 N–H and O–H groups in total. The summed E-state index contributed by atoms with van der Waals surface area (Å²) in [5.41, 5.74) is 1.66. The number of hydrogen-bond donors (Lipinski definition) is 0. The van der Waals surface area contributed by atoms with E-state index in [-0.39, 0.29) is 11.7 Å². The van der Waals surface area contributed by atoms with Gasteiger partial charge in [0.15, 0.2) is 0 Å². The highest BCUT2D eigenvalue weighted by Crippen LogP contribution is 2.33. The number of rotatable bonds is 3. The molecule has 1 atom stereocenters. The van der Waals surface area contributed by atoms with E-state index in [1.807, 2.05) is 12.1 Å². The van der Waals surface area contributed by atoms with Crippen molar-refractivity contribution in [2.45, 2.75) is 6.04 Å². The van der Waals surface area contributed by atoms with E-state index >= 15 is 0 Å². The van der Waals surface area contributed by atoms with Crippen LogP contribution in [0.5, 0.6) is 0 Å². The third-order valence-electron chi connectivity index (χ3n) is 3.08. The first-order valence-electron chi connectivity index (χ1n) is 6.07. The third-order valence-corrected chi connectivity index (χ3v) is 3.08. The van der Waals surface area contributed by atoms with Crippen LogP contribution in [0.25, 0.3) is 0 Å². The van der Waals surface area contributed by atoms with Crippen molar-refractivity contribution in [1.82, 2.24) is 4.98 Å². The van der Waals surface area contributed by atoms with Crippen molar-refractivity contribution in [3.8, 4) is 0 Å². The van der Waals surface area contributed by atoms with Gasteiger partial charge in [-0.05, 0) is 17.7 Å². The predicted molar refractivity (Wildman–Crippen MR) is 72.3 cm³/mol. The maximum absolute atomic E-state index is 10.8. The average Bonchev–Trinajstić information content (AvgIpc) is 2.98. The van der Waals surface area contributed by atoms with Crippen LogP contribution < -0.4 is 5.01 Å². The maximum atomic E-state index is 10.8. The van der Waals surface area contributed by atoms with Crippen LogP contribution in [-0.4, -0.2) is 16.5 Å². The molecule has 7 nitrogen and oxygen atoms in total. The third kappa shape index (κ3) is 2.20. The fourth-order valence-electron chi connectivity index (χ4n) is 2.12. The normalized spacial score (nSPS) is 17.4. The van der Waals surface area contributed by atoms with Gasteiger partial charge in [-0.1, -0.05) is 17.4 Å². The van der Waals surface area contributed by atoms with Gasteiger partial charge < -0.3 is 0 Å². The lowest BCUT2D eigenvalue weighted by molar-refractivity contribution is -0.384. The number of pyridine rings is 1. The predicted octanol–water partition coefficient (Wildman–Crippen LogP) is 2.92. The second kappa shape index (κ2) is 5.04. The van der Waals surface area contributed by atoms with Crippen molar-refractivity contribution < 1.29 is 4.92 Å². The van der Waals surface area contributed by atoms with E-state index in [2.05, 4.69) is 15.3 Å². The van der Waals surface area contributed by atoms with E-state index in [4.69, 9.17) is 0 Å². The molecule has 0 aliphatic carbocycles. The number of nitro benzene ring substituents is 1. The minimum absolute atomic E-state index is 0.0366. The smallest absolute Gasteiger partial charge is 0.264 e. The summed E-state index contributed by atoms with van der Waals surface area (Å²) >= 11 is 0. The molecule has 3 rings (SSSR count). The summed E-state index contributed by atoms with van der Waals surface area (Å²) in [6.07, 6.45) is 3.45. The van der Waals surface area contributed by atoms with Gasteiger partial charge in [-0.25, -0.2) is 5.01 Å². The van der Waals surface area contributed by atoms with Crippen molar-refractivity contribution in [3.05, 3.63) is 64.5 Å². The summed E-state index contributed by atoms with van der Waals surface area (Å²) < 4.78 is 0. The molecule has 0 bridgehead atoms. The minimum atomic E-state index is -0.421. The minimum Gasteiger partial charge on any atom is -0.264 e. The maximum Gasteiger partial charge on any atom is 0.271 e. The molecule has 1 aromatic carbocycles. The van der Waals surface area contributed by atoms with Crippen LogP contribution in [0.1, 0.15) is 11.6 Å². The molecule has 2 heterocycles. The van der Waals surface area contributed by atoms with Crippen LogP contribution in [0.4, 0.5) is 11.4 Å². The molecule has 1 aliphatic rings. The Kier molecular flexibility index (Phi) is 3.08. The average molecular weight is 269 g/mol. The molecule has 20 heavy (non-hydrogen) atoms. The van der Waals surface area contributed by atoms with E-state index in [1.165, 1.54) is 12.1 Å². The van der Waals surface area contributed by atoms with E-state index in [1.54, 1.807) is 29.5 Å². The monoisotopic (exact) mass is 269 g/mol. The van der Waals surface area contributed by atoms with Crippen molar-refractivity contribution >= 4 is 11.4 Å². The summed E-state index contributed by atoms with van der Waals surface area (Å²) in [5, 5.41) is 20.6. The number of anilines is 1. The highest BCUT2D eigenvalue weighted by atomic mass is 16.6. The van der Waals surface area contributed by atoms with Crippen LogP contribution in [-0.2, 0) is 0 Å². The van der Waals surface area contributed by atoms with Gasteiger partial charge in [-0.2, -0.15) is 5.11 Å². The molecule has 2 aromatic rings. The van der Waals surface area contributed by atoms with E-state index in [0.29, 0.717) is 12.2 Å². The Morgan fingerprint density at radius 3 is 2.95 bits per heavy atom. The highest BCUT2D eigenvalue weighted by molar-refractivity contribution is 5.54. The van der Waals surface area contributed by atoms with Gasteiger partial charge in [-0.3, -0.25) is 15.1 Å². The van der Waals surface area contributed by atoms with Crippen molar-refractivity contribution in [2.75, 3.05) is 11.6 Å². The number of non-ortho nitro benzene ring substituents is 1. The largest absolute Gasteiger partial charge is 0.271 e.